The number of Topliss-reactive ketones (excluding diaryl/α,β-unsaturated/α-hetero) is 2. The van der Waals surface area contributed by atoms with E-state index in [2.05, 4.69) is 12.2 Å². The van der Waals surface area contributed by atoms with Crippen molar-refractivity contribution in [1.82, 2.24) is 0 Å². The summed E-state index contributed by atoms with van der Waals surface area (Å²) in [6.45, 7) is 4.00. The average molecular weight is 192 g/mol. The first-order chi connectivity index (χ1) is 6.77. The van der Waals surface area contributed by atoms with E-state index < -0.39 is 0 Å². The van der Waals surface area contributed by atoms with E-state index in [1.54, 1.807) is 0 Å². The van der Waals surface area contributed by atoms with Crippen molar-refractivity contribution in [2.75, 3.05) is 0 Å². The highest BCUT2D eigenvalue weighted by atomic mass is 16.2. The molecule has 0 radical (unpaired) electrons. The fraction of sp³-hybridized carbons (Fsp3) is 0.667. The lowest BCUT2D eigenvalue weighted by atomic mass is 9.85. The van der Waals surface area contributed by atoms with Crippen LogP contribution < -0.4 is 0 Å². The summed E-state index contributed by atoms with van der Waals surface area (Å²) in [4.78, 5) is 22.8. The predicted molar refractivity (Wildman–Crippen MR) is 53.7 cm³/mol. The van der Waals surface area contributed by atoms with Crippen LogP contribution in [0.25, 0.3) is 0 Å². The molecule has 3 aliphatic rings. The molecular formula is C12H16O2. The maximum atomic E-state index is 11.4. The zero-order valence-electron chi connectivity index (χ0n) is 8.69. The molecule has 0 aromatic heterocycles. The quantitative estimate of drug-likeness (QED) is 0.434. The third kappa shape index (κ3) is 1.09. The predicted octanol–water partition coefficient (Wildman–Crippen LogP) is 1.99. The van der Waals surface area contributed by atoms with Gasteiger partial charge in [-0.05, 0) is 18.3 Å². The molecule has 0 heterocycles. The topological polar surface area (TPSA) is 34.1 Å². The molecule has 0 saturated heterocycles. The normalized spacial score (nSPS) is 42.4. The Bertz CT molecular complexity index is 275. The van der Waals surface area contributed by atoms with Crippen LogP contribution in [0.15, 0.2) is 12.2 Å². The Morgan fingerprint density at radius 3 is 1.86 bits per heavy atom. The maximum absolute atomic E-state index is 11.4. The Labute approximate surface area is 84.4 Å². The summed E-state index contributed by atoms with van der Waals surface area (Å²) in [6, 6.07) is 0. The first-order valence-electron chi connectivity index (χ1n) is 5.51. The van der Waals surface area contributed by atoms with Gasteiger partial charge in [0, 0.05) is 11.8 Å². The van der Waals surface area contributed by atoms with Crippen molar-refractivity contribution in [3.63, 3.8) is 0 Å². The highest BCUT2D eigenvalue weighted by Crippen LogP contribution is 2.52. The molecule has 0 aliphatic heterocycles. The Kier molecular flexibility index (Phi) is 2.30. The average Bonchev–Trinajstić information content (AvgIpc) is 2.84. The number of carbonyl (C=O) groups is 2. The lowest BCUT2D eigenvalue weighted by molar-refractivity contribution is -0.123. The summed E-state index contributed by atoms with van der Waals surface area (Å²) in [6.07, 6.45) is 5.52. The molecule has 0 aromatic carbocycles. The number of hydrogen-bond donors (Lipinski definition) is 0. The molecule has 3 rings (SSSR count). The van der Waals surface area contributed by atoms with E-state index in [0.717, 1.165) is 6.42 Å². The summed E-state index contributed by atoms with van der Waals surface area (Å²) in [7, 11) is 0. The van der Waals surface area contributed by atoms with Crippen molar-refractivity contribution in [3.8, 4) is 0 Å². The molecular weight excluding hydrogens is 176 g/mol. The van der Waals surface area contributed by atoms with Crippen LogP contribution in [0, 0.1) is 23.7 Å². The largest absolute Gasteiger partial charge is 0.299 e. The van der Waals surface area contributed by atoms with Gasteiger partial charge in [0.2, 0.25) is 0 Å². The maximum Gasteiger partial charge on any atom is 0.144 e. The minimum atomic E-state index is 0.0764. The van der Waals surface area contributed by atoms with E-state index in [0.29, 0.717) is 11.8 Å². The first kappa shape index (κ1) is 9.63. The molecule has 2 fully saturated rings. The van der Waals surface area contributed by atoms with Crippen LogP contribution >= 0.6 is 0 Å². The number of allylic oxidation sites excluding steroid dienone is 2. The van der Waals surface area contributed by atoms with Crippen molar-refractivity contribution in [2.45, 2.75) is 26.7 Å². The molecule has 14 heavy (non-hydrogen) atoms. The number of rotatable bonds is 0. The monoisotopic (exact) mass is 192 g/mol. The van der Waals surface area contributed by atoms with Crippen LogP contribution in [-0.2, 0) is 9.59 Å². The van der Waals surface area contributed by atoms with E-state index in [4.69, 9.17) is 0 Å². The Balaban J connectivity index is 0.000000354. The van der Waals surface area contributed by atoms with E-state index in [-0.39, 0.29) is 29.8 Å². The molecule has 3 aliphatic carbocycles. The number of carbonyl (C=O) groups excluding carboxylic acids is 2. The van der Waals surface area contributed by atoms with Crippen LogP contribution in [0.2, 0.25) is 0 Å². The molecule has 2 saturated carbocycles. The van der Waals surface area contributed by atoms with Crippen molar-refractivity contribution in [2.24, 2.45) is 23.7 Å². The Morgan fingerprint density at radius 1 is 1.00 bits per heavy atom. The minimum Gasteiger partial charge on any atom is -0.299 e. The van der Waals surface area contributed by atoms with Crippen molar-refractivity contribution in [1.29, 1.82) is 0 Å². The van der Waals surface area contributed by atoms with Gasteiger partial charge in [-0.15, -0.1) is 0 Å². The highest BCUT2D eigenvalue weighted by molar-refractivity contribution is 6.09. The molecule has 2 nitrogen and oxygen atoms in total. The molecule has 2 bridgehead atoms. The zero-order chi connectivity index (χ0) is 10.3. The molecule has 2 heteroatoms. The molecule has 4 unspecified atom stereocenters. The van der Waals surface area contributed by atoms with Crippen molar-refractivity contribution >= 4 is 11.6 Å². The van der Waals surface area contributed by atoms with Gasteiger partial charge in [-0.2, -0.15) is 0 Å². The molecule has 0 amide bonds. The zero-order valence-corrected chi connectivity index (χ0v) is 8.69. The van der Waals surface area contributed by atoms with Crippen LogP contribution in [0.5, 0.6) is 0 Å². The van der Waals surface area contributed by atoms with E-state index in [1.165, 1.54) is 0 Å². The second-order valence-corrected chi connectivity index (χ2v) is 4.11. The summed E-state index contributed by atoms with van der Waals surface area (Å²) in [5.74, 6) is 1.35. The smallest absolute Gasteiger partial charge is 0.144 e. The van der Waals surface area contributed by atoms with Gasteiger partial charge in [-0.25, -0.2) is 0 Å². The van der Waals surface area contributed by atoms with Gasteiger partial charge in [0.25, 0.3) is 0 Å². The van der Waals surface area contributed by atoms with Gasteiger partial charge >= 0.3 is 0 Å². The third-order valence-corrected chi connectivity index (χ3v) is 3.55. The van der Waals surface area contributed by atoms with Crippen LogP contribution in [-0.4, -0.2) is 11.6 Å². The van der Waals surface area contributed by atoms with Gasteiger partial charge in [0.1, 0.15) is 11.6 Å². The first-order valence-corrected chi connectivity index (χ1v) is 5.51. The van der Waals surface area contributed by atoms with E-state index in [1.807, 2.05) is 13.8 Å². The number of fused-ring (bicyclic) bond motifs is 5. The fourth-order valence-corrected chi connectivity index (χ4v) is 3.11. The number of ketones is 2. The summed E-state index contributed by atoms with van der Waals surface area (Å²) in [5.41, 5.74) is 0. The number of hydrogen-bond acceptors (Lipinski definition) is 2. The van der Waals surface area contributed by atoms with Crippen LogP contribution in [0.3, 0.4) is 0 Å². The second kappa shape index (κ2) is 3.34. The Hall–Kier alpha value is -0.920. The van der Waals surface area contributed by atoms with Crippen molar-refractivity contribution in [3.05, 3.63) is 12.2 Å². The third-order valence-electron chi connectivity index (χ3n) is 3.55. The summed E-state index contributed by atoms with van der Waals surface area (Å²) in [5, 5.41) is 0. The standard InChI is InChI=1S/C10H10O2.C2H6/c11-7-4-8(12)10-6-2-1-5(3-6)9(7)10;1-2/h1-2,5-6,9-10H,3-4H2;1-2H3. The van der Waals surface area contributed by atoms with Gasteiger partial charge in [0.05, 0.1) is 6.42 Å². The second-order valence-electron chi connectivity index (χ2n) is 4.11. The lowest BCUT2D eigenvalue weighted by Crippen LogP contribution is -2.21. The van der Waals surface area contributed by atoms with E-state index >= 15 is 0 Å². The molecule has 0 N–H and O–H groups in total. The fourth-order valence-electron chi connectivity index (χ4n) is 3.11. The minimum absolute atomic E-state index is 0.0764. The van der Waals surface area contributed by atoms with Crippen LogP contribution in [0.1, 0.15) is 26.7 Å². The van der Waals surface area contributed by atoms with Gasteiger partial charge in [-0.1, -0.05) is 26.0 Å². The van der Waals surface area contributed by atoms with Gasteiger partial charge in [0.15, 0.2) is 0 Å². The molecule has 0 spiro atoms. The van der Waals surface area contributed by atoms with Gasteiger partial charge < -0.3 is 0 Å². The van der Waals surface area contributed by atoms with Crippen molar-refractivity contribution < 1.29 is 9.59 Å². The Morgan fingerprint density at radius 2 is 1.43 bits per heavy atom. The molecule has 4 atom stereocenters. The lowest BCUT2D eigenvalue weighted by Gasteiger charge is -2.16. The highest BCUT2D eigenvalue weighted by Gasteiger charge is 2.55. The summed E-state index contributed by atoms with van der Waals surface area (Å²) >= 11 is 0. The SMILES string of the molecule is CC.O=C1CC(=O)C2C3C=CC(C3)C12. The molecule has 76 valence electrons. The van der Waals surface area contributed by atoms with E-state index in [9.17, 15) is 9.59 Å². The van der Waals surface area contributed by atoms with Gasteiger partial charge in [-0.3, -0.25) is 9.59 Å². The van der Waals surface area contributed by atoms with Crippen LogP contribution in [0.4, 0.5) is 0 Å². The summed E-state index contributed by atoms with van der Waals surface area (Å²) < 4.78 is 0. The molecule has 0 aromatic rings.